The number of amides is 2. The molecule has 0 bridgehead atoms. The Morgan fingerprint density at radius 3 is 2.43 bits per heavy atom. The van der Waals surface area contributed by atoms with E-state index in [0.717, 1.165) is 25.0 Å². The van der Waals surface area contributed by atoms with Crippen molar-refractivity contribution >= 4 is 49.6 Å². The predicted octanol–water partition coefficient (Wildman–Crippen LogP) is 4.01. The second kappa shape index (κ2) is 12.5. The normalized spacial score (nSPS) is 16.2. The fourth-order valence-electron chi connectivity index (χ4n) is 5.09. The number of hydrogen-bond donors (Lipinski definition) is 3. The second-order valence-electron chi connectivity index (χ2n) is 10.5. The maximum Gasteiger partial charge on any atom is 0.336 e. The maximum absolute atomic E-state index is 13.5. The Hall–Kier alpha value is -3.91. The summed E-state index contributed by atoms with van der Waals surface area (Å²) < 4.78 is 41.4. The van der Waals surface area contributed by atoms with E-state index in [1.165, 1.54) is 30.3 Å². The third kappa shape index (κ3) is 7.10. The molecule has 3 aromatic rings. The summed E-state index contributed by atoms with van der Waals surface area (Å²) in [6, 6.07) is 12.3. The van der Waals surface area contributed by atoms with Gasteiger partial charge in [-0.2, -0.15) is 12.8 Å². The van der Waals surface area contributed by atoms with Gasteiger partial charge in [0.1, 0.15) is 10.4 Å². The zero-order valence-corrected chi connectivity index (χ0v) is 25.2. The van der Waals surface area contributed by atoms with E-state index < -0.39 is 44.3 Å². The highest BCUT2D eigenvalue weighted by Gasteiger charge is 2.40. The van der Waals surface area contributed by atoms with Crippen LogP contribution in [0.15, 0.2) is 64.2 Å². The molecule has 0 radical (unpaired) electrons. The maximum atomic E-state index is 13.5. The summed E-state index contributed by atoms with van der Waals surface area (Å²) in [6.45, 7) is 4.85. The summed E-state index contributed by atoms with van der Waals surface area (Å²) >= 11 is 3.33. The molecule has 0 unspecified atom stereocenters. The number of nitrogens with zero attached hydrogens (tertiary/aromatic N) is 3. The number of carboxylic acid groups (broad SMARTS) is 1. The summed E-state index contributed by atoms with van der Waals surface area (Å²) in [5.41, 5.74) is -0.388. The van der Waals surface area contributed by atoms with Crippen molar-refractivity contribution in [2.75, 3.05) is 18.0 Å². The average Bonchev–Trinajstić information content (AvgIpc) is 3.24. The van der Waals surface area contributed by atoms with Crippen molar-refractivity contribution in [3.8, 4) is 0 Å². The molecule has 3 heterocycles. The Morgan fingerprint density at radius 1 is 1.02 bits per heavy atom. The van der Waals surface area contributed by atoms with E-state index >= 15 is 0 Å². The number of sulfonamides is 1. The molecular weight excluding hydrogens is 633 g/mol. The van der Waals surface area contributed by atoms with Crippen molar-refractivity contribution in [2.24, 2.45) is 5.92 Å². The quantitative estimate of drug-likeness (QED) is 0.216. The lowest BCUT2D eigenvalue weighted by atomic mass is 9.93. The lowest BCUT2D eigenvalue weighted by molar-refractivity contribution is 0.0690. The highest BCUT2D eigenvalue weighted by Crippen LogP contribution is 2.39. The van der Waals surface area contributed by atoms with E-state index in [1.807, 2.05) is 23.5 Å². The highest BCUT2D eigenvalue weighted by molar-refractivity contribution is 9.10. The molecule has 1 aromatic carbocycles. The van der Waals surface area contributed by atoms with Gasteiger partial charge >= 0.3 is 5.97 Å². The topological polar surface area (TPSA) is 159 Å². The number of carbonyl (C=O) groups excluding carboxylic acids is 2. The first-order valence-electron chi connectivity index (χ1n) is 13.0. The first-order valence-corrected chi connectivity index (χ1v) is 15.3. The molecule has 4 rings (SSSR count). The number of anilines is 1. The standard InChI is InChI=1S/C28H29BrFN5O6S/c1-28(2)15-17(7-6-14-31-25(36)18-8-3-4-9-19(18)27(38)39)16-35(28)24-20(12-13-21(29)32-24)26(37)34-42(40,41)23-11-5-10-22(30)33-23/h3-5,8-13,17H,6-7,14-16H2,1-2H3,(H,31,36)(H,34,37)(H,38,39)/t17-/m0/s1. The van der Waals surface area contributed by atoms with Crippen LogP contribution in [0.1, 0.15) is 64.2 Å². The molecule has 2 aromatic heterocycles. The molecule has 1 aliphatic rings. The van der Waals surface area contributed by atoms with Gasteiger partial charge in [-0.25, -0.2) is 19.5 Å². The smallest absolute Gasteiger partial charge is 0.336 e. The molecule has 14 heteroatoms. The number of hydrogen-bond acceptors (Lipinski definition) is 8. The van der Waals surface area contributed by atoms with Gasteiger partial charge in [-0.05, 0) is 91.4 Å². The molecule has 2 amide bonds. The molecule has 222 valence electrons. The van der Waals surface area contributed by atoms with Crippen molar-refractivity contribution in [3.05, 3.63) is 81.8 Å². The molecule has 1 fully saturated rings. The first kappa shape index (κ1) is 31.0. The fourth-order valence-corrected chi connectivity index (χ4v) is 6.31. The van der Waals surface area contributed by atoms with Crippen LogP contribution in [-0.4, -0.2) is 59.9 Å². The number of halogens is 2. The molecule has 1 atom stereocenters. The van der Waals surface area contributed by atoms with E-state index in [1.54, 1.807) is 12.1 Å². The third-order valence-electron chi connectivity index (χ3n) is 6.97. The van der Waals surface area contributed by atoms with E-state index in [4.69, 9.17) is 0 Å². The predicted molar refractivity (Wildman–Crippen MR) is 155 cm³/mol. The third-order valence-corrected chi connectivity index (χ3v) is 8.64. The Bertz CT molecular complexity index is 1630. The SMILES string of the molecule is CC1(C)C[C@H](CCCNC(=O)c2ccccc2C(=O)O)CN1c1nc(Br)ccc1C(=O)NS(=O)(=O)c1cccc(F)n1. The van der Waals surface area contributed by atoms with E-state index in [2.05, 4.69) is 31.2 Å². The van der Waals surface area contributed by atoms with Gasteiger partial charge in [0.15, 0.2) is 5.03 Å². The first-order chi connectivity index (χ1) is 19.8. The van der Waals surface area contributed by atoms with Crippen molar-refractivity contribution in [2.45, 2.75) is 43.7 Å². The van der Waals surface area contributed by atoms with Gasteiger partial charge in [0.2, 0.25) is 5.95 Å². The molecule has 0 aliphatic carbocycles. The van der Waals surface area contributed by atoms with Gasteiger partial charge in [-0.3, -0.25) is 9.59 Å². The van der Waals surface area contributed by atoms with Gasteiger partial charge in [0.25, 0.3) is 21.8 Å². The summed E-state index contributed by atoms with van der Waals surface area (Å²) in [4.78, 5) is 47.0. The van der Waals surface area contributed by atoms with Crippen LogP contribution in [0.5, 0.6) is 0 Å². The Morgan fingerprint density at radius 2 is 1.74 bits per heavy atom. The van der Waals surface area contributed by atoms with Crippen LogP contribution in [-0.2, 0) is 10.0 Å². The average molecular weight is 663 g/mol. The summed E-state index contributed by atoms with van der Waals surface area (Å²) in [5.74, 6) is -3.11. The lowest BCUT2D eigenvalue weighted by Gasteiger charge is -2.33. The minimum Gasteiger partial charge on any atom is -0.478 e. The van der Waals surface area contributed by atoms with Gasteiger partial charge in [-0.1, -0.05) is 18.2 Å². The lowest BCUT2D eigenvalue weighted by Crippen LogP contribution is -2.41. The van der Waals surface area contributed by atoms with Gasteiger partial charge in [0.05, 0.1) is 16.7 Å². The summed E-state index contributed by atoms with van der Waals surface area (Å²) in [5, 5.41) is 11.5. The Labute approximate surface area is 250 Å². The summed E-state index contributed by atoms with van der Waals surface area (Å²) in [7, 11) is -4.45. The molecule has 3 N–H and O–H groups in total. The number of carboxylic acids is 1. The van der Waals surface area contributed by atoms with Crippen LogP contribution < -0.4 is 14.9 Å². The Kier molecular flexibility index (Phi) is 9.26. The van der Waals surface area contributed by atoms with Crippen molar-refractivity contribution < 1.29 is 32.3 Å². The number of nitrogens with one attached hydrogen (secondary N) is 2. The number of pyridine rings is 2. The van der Waals surface area contributed by atoms with Crippen LogP contribution in [0.2, 0.25) is 0 Å². The molecular formula is C28H29BrFN5O6S. The largest absolute Gasteiger partial charge is 0.478 e. The van der Waals surface area contributed by atoms with Crippen LogP contribution in [0.4, 0.5) is 10.2 Å². The van der Waals surface area contributed by atoms with Crippen molar-refractivity contribution in [1.82, 2.24) is 20.0 Å². The molecule has 42 heavy (non-hydrogen) atoms. The van der Waals surface area contributed by atoms with Crippen LogP contribution in [0.25, 0.3) is 0 Å². The number of rotatable bonds is 10. The van der Waals surface area contributed by atoms with Crippen molar-refractivity contribution in [1.29, 1.82) is 0 Å². The Balaban J connectivity index is 1.43. The fraction of sp³-hybridized carbons (Fsp3) is 0.321. The van der Waals surface area contributed by atoms with E-state index in [-0.39, 0.29) is 28.4 Å². The van der Waals surface area contributed by atoms with E-state index in [9.17, 15) is 32.3 Å². The van der Waals surface area contributed by atoms with E-state index in [0.29, 0.717) is 24.1 Å². The number of aromatic carboxylic acids is 1. The highest BCUT2D eigenvalue weighted by atomic mass is 79.9. The summed E-state index contributed by atoms with van der Waals surface area (Å²) in [6.07, 6.45) is 2.10. The van der Waals surface area contributed by atoms with Crippen LogP contribution in [0, 0.1) is 11.9 Å². The molecule has 11 nitrogen and oxygen atoms in total. The molecule has 0 spiro atoms. The molecule has 0 saturated carbocycles. The van der Waals surface area contributed by atoms with Gasteiger partial charge < -0.3 is 15.3 Å². The van der Waals surface area contributed by atoms with Crippen LogP contribution in [0.3, 0.4) is 0 Å². The minimum atomic E-state index is -4.45. The molecule has 1 aliphatic heterocycles. The van der Waals surface area contributed by atoms with Gasteiger partial charge in [-0.15, -0.1) is 0 Å². The second-order valence-corrected chi connectivity index (χ2v) is 12.9. The number of aromatic nitrogens is 2. The zero-order chi connectivity index (χ0) is 30.7. The number of benzene rings is 1. The minimum absolute atomic E-state index is 0.0243. The number of carbonyl (C=O) groups is 3. The van der Waals surface area contributed by atoms with Crippen LogP contribution >= 0.6 is 15.9 Å². The van der Waals surface area contributed by atoms with Crippen molar-refractivity contribution in [3.63, 3.8) is 0 Å². The van der Waals surface area contributed by atoms with Gasteiger partial charge in [0, 0.05) is 18.6 Å². The molecule has 1 saturated heterocycles. The monoisotopic (exact) mass is 661 g/mol. The zero-order valence-electron chi connectivity index (χ0n) is 22.8.